The van der Waals surface area contributed by atoms with E-state index in [9.17, 15) is 4.79 Å². The summed E-state index contributed by atoms with van der Waals surface area (Å²) in [7, 11) is 1.69. The van der Waals surface area contributed by atoms with E-state index in [0.717, 1.165) is 22.5 Å². The van der Waals surface area contributed by atoms with Crippen molar-refractivity contribution < 1.29 is 9.53 Å². The molecular formula is C24H18O2S3. The maximum absolute atomic E-state index is 11.4. The lowest BCUT2D eigenvalue weighted by atomic mass is 10.0. The Labute approximate surface area is 181 Å². The molecule has 5 aromatic rings. The average molecular weight is 435 g/mol. The van der Waals surface area contributed by atoms with Crippen LogP contribution >= 0.6 is 34.0 Å². The summed E-state index contributed by atoms with van der Waals surface area (Å²) in [4.78, 5) is 16.1. The number of hydrogen-bond acceptors (Lipinski definition) is 5. The van der Waals surface area contributed by atoms with Gasteiger partial charge < -0.3 is 4.74 Å². The predicted molar refractivity (Wildman–Crippen MR) is 127 cm³/mol. The number of aldehydes is 1. The minimum atomic E-state index is 0.843. The van der Waals surface area contributed by atoms with Gasteiger partial charge in [-0.15, -0.1) is 34.0 Å². The molecule has 3 aromatic heterocycles. The van der Waals surface area contributed by atoms with Crippen molar-refractivity contribution in [3.05, 3.63) is 64.5 Å². The molecule has 0 amide bonds. The van der Waals surface area contributed by atoms with Crippen molar-refractivity contribution in [2.24, 2.45) is 0 Å². The van der Waals surface area contributed by atoms with Crippen molar-refractivity contribution in [2.45, 2.75) is 13.8 Å². The monoisotopic (exact) mass is 434 g/mol. The second kappa shape index (κ2) is 7.10. The van der Waals surface area contributed by atoms with Crippen LogP contribution in [0.1, 0.15) is 20.8 Å². The van der Waals surface area contributed by atoms with Gasteiger partial charge in [0.05, 0.1) is 20.9 Å². The van der Waals surface area contributed by atoms with Crippen LogP contribution in [0.4, 0.5) is 0 Å². The number of hydrogen-bond donors (Lipinski definition) is 0. The minimum Gasteiger partial charge on any atom is -0.497 e. The number of benzene rings is 2. The Morgan fingerprint density at radius 2 is 1.48 bits per heavy atom. The fourth-order valence-corrected chi connectivity index (χ4v) is 8.02. The molecule has 2 aromatic carbocycles. The summed E-state index contributed by atoms with van der Waals surface area (Å²) in [6.45, 7) is 4.24. The predicted octanol–water partition coefficient (Wildman–Crippen LogP) is 7.95. The molecule has 0 atom stereocenters. The van der Waals surface area contributed by atoms with Crippen molar-refractivity contribution in [2.75, 3.05) is 7.11 Å². The van der Waals surface area contributed by atoms with E-state index in [0.29, 0.717) is 0 Å². The minimum absolute atomic E-state index is 0.843. The van der Waals surface area contributed by atoms with Gasteiger partial charge in [0, 0.05) is 25.9 Å². The molecule has 0 saturated heterocycles. The SMILES string of the molecule is COc1ccc(-c2sc(-c3sc4sc(C=O)c(C)c4c3C)c3ccccc23)cc1. The van der Waals surface area contributed by atoms with Crippen LogP contribution in [0.5, 0.6) is 5.75 Å². The number of methoxy groups -OCH3 is 1. The van der Waals surface area contributed by atoms with Gasteiger partial charge in [0.2, 0.25) is 0 Å². The van der Waals surface area contributed by atoms with Crippen LogP contribution < -0.4 is 4.74 Å². The quantitative estimate of drug-likeness (QED) is 0.268. The standard InChI is InChI=1S/C24H18O2S3/c1-13-19(12-25)27-24-20(13)14(2)21(29-24)23-18-7-5-4-6-17(18)22(28-23)15-8-10-16(26-3)11-9-15/h4-12H,1-3H3. The van der Waals surface area contributed by atoms with E-state index < -0.39 is 0 Å². The van der Waals surface area contributed by atoms with Gasteiger partial charge in [-0.1, -0.05) is 24.3 Å². The van der Waals surface area contributed by atoms with Crippen LogP contribution in [0.3, 0.4) is 0 Å². The number of thiophene rings is 3. The maximum atomic E-state index is 11.4. The fraction of sp³-hybridized carbons (Fsp3) is 0.125. The van der Waals surface area contributed by atoms with Crippen molar-refractivity contribution in [3.8, 4) is 25.9 Å². The Balaban J connectivity index is 1.75. The summed E-state index contributed by atoms with van der Waals surface area (Å²) in [5.74, 6) is 0.866. The van der Waals surface area contributed by atoms with E-state index in [4.69, 9.17) is 4.74 Å². The number of ether oxygens (including phenoxy) is 1. The molecule has 5 heteroatoms. The van der Waals surface area contributed by atoms with Gasteiger partial charge >= 0.3 is 0 Å². The van der Waals surface area contributed by atoms with Crippen molar-refractivity contribution in [3.63, 3.8) is 0 Å². The first-order valence-corrected chi connectivity index (χ1v) is 11.7. The molecule has 0 unspecified atom stereocenters. The van der Waals surface area contributed by atoms with Gasteiger partial charge in [-0.25, -0.2) is 0 Å². The van der Waals surface area contributed by atoms with Crippen LogP contribution in [0.15, 0.2) is 48.5 Å². The zero-order valence-electron chi connectivity index (χ0n) is 16.2. The van der Waals surface area contributed by atoms with E-state index in [2.05, 4.69) is 50.2 Å². The summed E-state index contributed by atoms with van der Waals surface area (Å²) in [5, 5.41) is 3.81. The average Bonchev–Trinajstić information content (AvgIpc) is 3.39. The maximum Gasteiger partial charge on any atom is 0.160 e. The normalized spacial score (nSPS) is 11.4. The molecule has 0 aliphatic rings. The van der Waals surface area contributed by atoms with Crippen LogP contribution in [0.25, 0.3) is 40.4 Å². The zero-order chi connectivity index (χ0) is 20.1. The Morgan fingerprint density at radius 1 is 0.793 bits per heavy atom. The molecule has 0 spiro atoms. The van der Waals surface area contributed by atoms with E-state index >= 15 is 0 Å². The van der Waals surface area contributed by atoms with Crippen LogP contribution in [0.2, 0.25) is 0 Å². The molecule has 5 rings (SSSR count). The lowest BCUT2D eigenvalue weighted by Crippen LogP contribution is -1.81. The summed E-state index contributed by atoms with van der Waals surface area (Å²) in [5.41, 5.74) is 3.59. The lowest BCUT2D eigenvalue weighted by Gasteiger charge is -2.02. The summed E-state index contributed by atoms with van der Waals surface area (Å²) in [6.07, 6.45) is 0.980. The topological polar surface area (TPSA) is 26.3 Å². The Morgan fingerprint density at radius 3 is 2.10 bits per heavy atom. The van der Waals surface area contributed by atoms with Gasteiger partial charge in [0.1, 0.15) is 5.75 Å². The Bertz CT molecular complexity index is 1370. The molecule has 0 fully saturated rings. The van der Waals surface area contributed by atoms with Gasteiger partial charge in [0.25, 0.3) is 0 Å². The largest absolute Gasteiger partial charge is 0.497 e. The summed E-state index contributed by atoms with van der Waals surface area (Å²) < 4.78 is 6.56. The fourth-order valence-electron chi connectivity index (χ4n) is 3.84. The lowest BCUT2D eigenvalue weighted by molar-refractivity contribution is 0.112. The second-order valence-corrected chi connectivity index (χ2v) is 10.3. The number of carbonyl (C=O) groups is 1. The molecule has 0 aliphatic heterocycles. The number of fused-ring (bicyclic) bond motifs is 2. The first kappa shape index (κ1) is 18.6. The van der Waals surface area contributed by atoms with Gasteiger partial charge in [-0.05, 0) is 54.8 Å². The molecule has 0 aliphatic carbocycles. The molecule has 144 valence electrons. The molecule has 0 N–H and O–H groups in total. The first-order chi connectivity index (χ1) is 14.1. The Hall–Kier alpha value is -2.47. The highest BCUT2D eigenvalue weighted by molar-refractivity contribution is 7.41. The summed E-state index contributed by atoms with van der Waals surface area (Å²) >= 11 is 5.26. The molecule has 29 heavy (non-hydrogen) atoms. The van der Waals surface area contributed by atoms with E-state index in [-0.39, 0.29) is 0 Å². The molecule has 0 bridgehead atoms. The smallest absolute Gasteiger partial charge is 0.160 e. The number of aryl methyl sites for hydroxylation is 2. The molecule has 0 saturated carbocycles. The third kappa shape index (κ3) is 2.84. The summed E-state index contributed by atoms with van der Waals surface area (Å²) in [6, 6.07) is 16.9. The van der Waals surface area contributed by atoms with Crippen molar-refractivity contribution in [1.82, 2.24) is 0 Å². The molecule has 3 heterocycles. The van der Waals surface area contributed by atoms with Crippen LogP contribution in [0, 0.1) is 13.8 Å². The van der Waals surface area contributed by atoms with E-state index in [1.807, 2.05) is 23.5 Å². The third-order valence-electron chi connectivity index (χ3n) is 5.35. The van der Waals surface area contributed by atoms with Crippen molar-refractivity contribution in [1.29, 1.82) is 0 Å². The number of carbonyl (C=O) groups excluding carboxylic acids is 1. The first-order valence-electron chi connectivity index (χ1n) is 9.26. The molecular weight excluding hydrogens is 416 g/mol. The highest BCUT2D eigenvalue weighted by Gasteiger charge is 2.21. The number of rotatable bonds is 4. The van der Waals surface area contributed by atoms with Crippen LogP contribution in [-0.4, -0.2) is 13.4 Å². The highest BCUT2D eigenvalue weighted by atomic mass is 32.2. The third-order valence-corrected chi connectivity index (χ3v) is 9.38. The van der Waals surface area contributed by atoms with Gasteiger partial charge in [0.15, 0.2) is 6.29 Å². The van der Waals surface area contributed by atoms with E-state index in [1.54, 1.807) is 29.8 Å². The molecule has 2 nitrogen and oxygen atoms in total. The van der Waals surface area contributed by atoms with Gasteiger partial charge in [-0.3, -0.25) is 4.79 Å². The van der Waals surface area contributed by atoms with Gasteiger partial charge in [-0.2, -0.15) is 0 Å². The zero-order valence-corrected chi connectivity index (χ0v) is 18.7. The Kier molecular flexibility index (Phi) is 4.54. The van der Waals surface area contributed by atoms with E-state index in [1.165, 1.54) is 45.9 Å². The van der Waals surface area contributed by atoms with Crippen LogP contribution in [-0.2, 0) is 0 Å². The highest BCUT2D eigenvalue weighted by Crippen LogP contribution is 2.51. The molecule has 0 radical (unpaired) electrons. The second-order valence-electron chi connectivity index (χ2n) is 6.96. The van der Waals surface area contributed by atoms with Crippen molar-refractivity contribution >= 4 is 60.5 Å².